The van der Waals surface area contributed by atoms with Crippen LogP contribution in [-0.2, 0) is 11.2 Å². The number of primary amides is 1. The quantitative estimate of drug-likeness (QED) is 0.874. The van der Waals surface area contributed by atoms with E-state index in [1.54, 1.807) is 12.1 Å². The molecule has 0 radical (unpaired) electrons. The number of urea groups is 1. The molecule has 6 nitrogen and oxygen atoms in total. The Kier molecular flexibility index (Phi) is 6.06. The lowest BCUT2D eigenvalue weighted by molar-refractivity contribution is -0.424. The molecular weight excluding hydrogens is 305 g/mol. The van der Waals surface area contributed by atoms with E-state index in [0.29, 0.717) is 21.4 Å². The predicted octanol–water partition coefficient (Wildman–Crippen LogP) is 1.29. The lowest BCUT2D eigenvalue weighted by atomic mass is 10.1. The number of hydrogen-bond donors (Lipinski definition) is 2. The minimum absolute atomic E-state index is 0.0662. The van der Waals surface area contributed by atoms with Crippen LogP contribution in [0.25, 0.3) is 0 Å². The fourth-order valence-corrected chi connectivity index (χ4v) is 1.76. The van der Waals surface area contributed by atoms with Crippen molar-refractivity contribution in [1.82, 2.24) is 4.90 Å². The Morgan fingerprint density at radius 2 is 2.05 bits per heavy atom. The van der Waals surface area contributed by atoms with Crippen molar-refractivity contribution < 1.29 is 20.1 Å². The van der Waals surface area contributed by atoms with Crippen LogP contribution in [0.3, 0.4) is 0 Å². The number of halogens is 2. The number of hydrogen-bond acceptors (Lipinski definition) is 3. The van der Waals surface area contributed by atoms with E-state index in [-0.39, 0.29) is 12.6 Å². The van der Waals surface area contributed by atoms with Crippen LogP contribution in [0.15, 0.2) is 18.2 Å². The molecule has 0 aliphatic heterocycles. The summed E-state index contributed by atoms with van der Waals surface area (Å²) >= 11 is 11.7. The summed E-state index contributed by atoms with van der Waals surface area (Å²) in [5.41, 5.74) is 9.74. The zero-order valence-electron chi connectivity index (χ0n) is 10.9. The van der Waals surface area contributed by atoms with E-state index in [1.807, 2.05) is 6.07 Å². The van der Waals surface area contributed by atoms with Gasteiger partial charge in [-0.25, -0.2) is 14.5 Å². The second-order valence-electron chi connectivity index (χ2n) is 4.29. The van der Waals surface area contributed by atoms with Gasteiger partial charge in [-0.2, -0.15) is 0 Å². The Hall–Kier alpha value is -1.50. The van der Waals surface area contributed by atoms with Crippen molar-refractivity contribution in [2.75, 3.05) is 13.7 Å². The summed E-state index contributed by atoms with van der Waals surface area (Å²) in [5.74, 6) is 0. The number of nitrogens with two attached hydrogens (primary N) is 1. The van der Waals surface area contributed by atoms with Crippen molar-refractivity contribution in [3.63, 3.8) is 0 Å². The number of nitrogens with zero attached hydrogens (tertiary/aromatic N) is 1. The minimum atomic E-state index is -0.875. The Bertz CT molecular complexity index is 511. The number of quaternary nitrogens is 1. The largest absolute Gasteiger partial charge is 0.443 e. The molecule has 5 N–H and O–H groups in total. The molecule has 0 bridgehead atoms. The molecule has 0 spiro atoms. The van der Waals surface area contributed by atoms with Gasteiger partial charge in [0, 0.05) is 13.5 Å². The van der Waals surface area contributed by atoms with E-state index < -0.39 is 12.1 Å². The van der Waals surface area contributed by atoms with Crippen LogP contribution < -0.4 is 11.5 Å². The first-order valence-corrected chi connectivity index (χ1v) is 6.53. The highest BCUT2D eigenvalue weighted by Crippen LogP contribution is 2.22. The molecule has 0 heterocycles. The second-order valence-corrected chi connectivity index (χ2v) is 5.11. The summed E-state index contributed by atoms with van der Waals surface area (Å²) in [6.07, 6.45) is -0.245. The van der Waals surface area contributed by atoms with Crippen molar-refractivity contribution in [3.05, 3.63) is 33.8 Å². The highest BCUT2D eigenvalue weighted by atomic mass is 35.5. The highest BCUT2D eigenvalue weighted by Gasteiger charge is 2.17. The van der Waals surface area contributed by atoms with Gasteiger partial charge in [-0.05, 0) is 17.7 Å². The summed E-state index contributed by atoms with van der Waals surface area (Å²) in [7, 11) is 1.24. The molecule has 3 amide bonds. The molecule has 20 heavy (non-hydrogen) atoms. The molecule has 8 heteroatoms. The Balaban J connectivity index is 2.47. The molecule has 1 atom stereocenters. The van der Waals surface area contributed by atoms with Crippen LogP contribution in [0.5, 0.6) is 0 Å². The van der Waals surface area contributed by atoms with Crippen LogP contribution in [0.2, 0.25) is 10.0 Å². The molecule has 0 aliphatic rings. The predicted molar refractivity (Wildman–Crippen MR) is 75.5 cm³/mol. The van der Waals surface area contributed by atoms with Gasteiger partial charge in [-0.1, -0.05) is 29.3 Å². The standard InChI is InChI=1S/C12H15Cl2N3O3/c1-17(11(16)18)12(19)20-6-8(15)4-7-2-3-9(13)10(14)5-7/h2-3,5,8H,4,6,15H2,1H3,(H2,16,18)/p+1/t8-/m1/s1. The smallest absolute Gasteiger partial charge is 0.417 e. The Morgan fingerprint density at radius 3 is 2.60 bits per heavy atom. The third kappa shape index (κ3) is 4.88. The van der Waals surface area contributed by atoms with Gasteiger partial charge in [0.1, 0.15) is 12.6 Å². The number of amides is 3. The van der Waals surface area contributed by atoms with E-state index in [1.165, 1.54) is 7.05 Å². The van der Waals surface area contributed by atoms with E-state index in [4.69, 9.17) is 33.7 Å². The molecular formula is C12H16Cl2N3O3+. The first-order chi connectivity index (χ1) is 9.31. The van der Waals surface area contributed by atoms with Crippen LogP contribution in [0.4, 0.5) is 9.59 Å². The van der Waals surface area contributed by atoms with Gasteiger partial charge in [0.15, 0.2) is 0 Å². The summed E-state index contributed by atoms with van der Waals surface area (Å²) in [5, 5.41) is 0.937. The molecule has 0 saturated carbocycles. The van der Waals surface area contributed by atoms with Crippen molar-refractivity contribution in [2.24, 2.45) is 5.73 Å². The van der Waals surface area contributed by atoms with Gasteiger partial charge in [0.05, 0.1) is 10.0 Å². The van der Waals surface area contributed by atoms with Gasteiger partial charge in [0.2, 0.25) is 0 Å². The summed E-state index contributed by atoms with van der Waals surface area (Å²) < 4.78 is 4.92. The molecule has 110 valence electrons. The average molecular weight is 321 g/mol. The fraction of sp³-hybridized carbons (Fsp3) is 0.333. The van der Waals surface area contributed by atoms with E-state index in [0.717, 1.165) is 5.56 Å². The van der Waals surface area contributed by atoms with Gasteiger partial charge in [0.25, 0.3) is 0 Å². The molecule has 0 unspecified atom stereocenters. The van der Waals surface area contributed by atoms with Crippen LogP contribution >= 0.6 is 23.2 Å². The SMILES string of the molecule is CN(C(N)=O)C(=O)OC[C@H]([NH3+])Cc1ccc(Cl)c(Cl)c1. The van der Waals surface area contributed by atoms with Gasteiger partial charge in [-0.15, -0.1) is 0 Å². The fourth-order valence-electron chi connectivity index (χ4n) is 1.43. The molecule has 0 aliphatic carbocycles. The van der Waals surface area contributed by atoms with Crippen molar-refractivity contribution >= 4 is 35.3 Å². The summed E-state index contributed by atoms with van der Waals surface area (Å²) in [6.45, 7) is 0.0662. The highest BCUT2D eigenvalue weighted by molar-refractivity contribution is 6.42. The molecule has 0 saturated heterocycles. The van der Waals surface area contributed by atoms with Crippen LogP contribution in [0.1, 0.15) is 5.56 Å². The lowest BCUT2D eigenvalue weighted by Gasteiger charge is -2.14. The van der Waals surface area contributed by atoms with E-state index in [2.05, 4.69) is 5.73 Å². The monoisotopic (exact) mass is 320 g/mol. The summed E-state index contributed by atoms with van der Waals surface area (Å²) in [4.78, 5) is 22.8. The topological polar surface area (TPSA) is 100 Å². The molecule has 0 aromatic heterocycles. The van der Waals surface area contributed by atoms with Gasteiger partial charge in [-0.3, -0.25) is 0 Å². The Morgan fingerprint density at radius 1 is 1.40 bits per heavy atom. The number of rotatable bonds is 4. The average Bonchev–Trinajstić information content (AvgIpc) is 2.39. The first kappa shape index (κ1) is 16.6. The van der Waals surface area contributed by atoms with E-state index >= 15 is 0 Å². The van der Waals surface area contributed by atoms with Gasteiger partial charge >= 0.3 is 12.1 Å². The van der Waals surface area contributed by atoms with Crippen molar-refractivity contribution in [3.8, 4) is 0 Å². The molecule has 1 aromatic carbocycles. The number of carbonyl (C=O) groups is 2. The number of benzene rings is 1. The second kappa shape index (κ2) is 7.33. The Labute approximate surface area is 126 Å². The van der Waals surface area contributed by atoms with Gasteiger partial charge < -0.3 is 16.2 Å². The zero-order valence-corrected chi connectivity index (χ0v) is 12.4. The third-order valence-corrected chi connectivity index (χ3v) is 3.29. The number of carbonyl (C=O) groups excluding carboxylic acids is 2. The zero-order chi connectivity index (χ0) is 15.3. The van der Waals surface area contributed by atoms with Crippen LogP contribution in [-0.4, -0.2) is 36.7 Å². The molecule has 1 aromatic rings. The number of imide groups is 1. The minimum Gasteiger partial charge on any atom is -0.443 e. The summed E-state index contributed by atoms with van der Waals surface area (Å²) in [6, 6.07) is 4.19. The number of ether oxygens (including phenoxy) is 1. The normalized spacial score (nSPS) is 11.8. The van der Waals surface area contributed by atoms with E-state index in [9.17, 15) is 9.59 Å². The first-order valence-electron chi connectivity index (χ1n) is 5.78. The van der Waals surface area contributed by atoms with Crippen LogP contribution in [0, 0.1) is 0 Å². The third-order valence-electron chi connectivity index (χ3n) is 2.56. The van der Waals surface area contributed by atoms with Crippen molar-refractivity contribution in [2.45, 2.75) is 12.5 Å². The van der Waals surface area contributed by atoms with Crippen molar-refractivity contribution in [1.29, 1.82) is 0 Å². The lowest BCUT2D eigenvalue weighted by Crippen LogP contribution is -2.64. The molecule has 1 rings (SSSR count). The molecule has 0 fully saturated rings. The maximum Gasteiger partial charge on any atom is 0.417 e. The maximum atomic E-state index is 11.4. The maximum absolute atomic E-state index is 11.4.